The molecule has 0 aromatic heterocycles. The van der Waals surface area contributed by atoms with Gasteiger partial charge in [0.2, 0.25) is 0 Å². The smallest absolute Gasteiger partial charge is 0.184 e. The number of ketones is 1. The molecule has 2 aliphatic rings. The number of fused-ring (bicyclic) bond motifs is 1. The Morgan fingerprint density at radius 3 is 2.25 bits per heavy atom. The van der Waals surface area contributed by atoms with Gasteiger partial charge in [0.1, 0.15) is 5.78 Å². The molecule has 4 atom stereocenters. The van der Waals surface area contributed by atoms with E-state index in [-0.39, 0.29) is 11.0 Å². The van der Waals surface area contributed by atoms with Gasteiger partial charge in [-0.2, -0.15) is 0 Å². The molecule has 0 radical (unpaired) electrons. The number of rotatable bonds is 9. The lowest BCUT2D eigenvalue weighted by molar-refractivity contribution is -0.130. The van der Waals surface area contributed by atoms with Gasteiger partial charge in [-0.15, -0.1) is 0 Å². The van der Waals surface area contributed by atoms with Crippen LogP contribution in [0.5, 0.6) is 0 Å². The first-order valence-corrected chi connectivity index (χ1v) is 15.5. The SMILES string of the molecule is CC(C)C(CCC[C@@H](C)C1CCC2C(=O)CCC[C@@]21C)(O[Si](C)(C)C)C(C)C. The molecule has 0 N–H and O–H groups in total. The Morgan fingerprint density at radius 2 is 1.71 bits per heavy atom. The minimum atomic E-state index is -1.60. The van der Waals surface area contributed by atoms with E-state index in [2.05, 4.69) is 61.2 Å². The second kappa shape index (κ2) is 8.92. The lowest BCUT2D eigenvalue weighted by Gasteiger charge is -2.46. The Balaban J connectivity index is 2.03. The van der Waals surface area contributed by atoms with E-state index in [9.17, 15) is 4.79 Å². The highest BCUT2D eigenvalue weighted by Crippen LogP contribution is 2.57. The molecule has 0 aromatic rings. The van der Waals surface area contributed by atoms with Crippen molar-refractivity contribution in [2.75, 3.05) is 0 Å². The van der Waals surface area contributed by atoms with Gasteiger partial charge in [-0.05, 0) is 80.8 Å². The Kier molecular flexibility index (Phi) is 7.68. The van der Waals surface area contributed by atoms with Gasteiger partial charge in [-0.3, -0.25) is 4.79 Å². The molecule has 2 rings (SSSR count). The van der Waals surface area contributed by atoms with Crippen LogP contribution < -0.4 is 0 Å². The van der Waals surface area contributed by atoms with Crippen molar-refractivity contribution in [1.29, 1.82) is 0 Å². The summed E-state index contributed by atoms with van der Waals surface area (Å²) < 4.78 is 6.87. The molecule has 2 saturated carbocycles. The third kappa shape index (κ3) is 4.94. The van der Waals surface area contributed by atoms with Crippen LogP contribution in [-0.4, -0.2) is 19.7 Å². The van der Waals surface area contributed by atoms with Crippen molar-refractivity contribution in [2.24, 2.45) is 35.0 Å². The maximum absolute atomic E-state index is 12.5. The monoisotopic (exact) mass is 408 g/mol. The van der Waals surface area contributed by atoms with Gasteiger partial charge in [0.15, 0.2) is 8.32 Å². The van der Waals surface area contributed by atoms with Crippen molar-refractivity contribution in [3.8, 4) is 0 Å². The van der Waals surface area contributed by atoms with Crippen LogP contribution in [0.3, 0.4) is 0 Å². The summed E-state index contributed by atoms with van der Waals surface area (Å²) in [5.74, 6) is 3.44. The highest BCUT2D eigenvalue weighted by Gasteiger charge is 2.52. The predicted molar refractivity (Wildman–Crippen MR) is 123 cm³/mol. The van der Waals surface area contributed by atoms with Crippen molar-refractivity contribution in [2.45, 2.75) is 118 Å². The molecule has 0 amide bonds. The van der Waals surface area contributed by atoms with Crippen molar-refractivity contribution in [1.82, 2.24) is 0 Å². The first kappa shape index (κ1) is 24.1. The average Bonchev–Trinajstić information content (AvgIpc) is 2.90. The van der Waals surface area contributed by atoms with Crippen molar-refractivity contribution < 1.29 is 9.22 Å². The Labute approximate surface area is 176 Å². The highest BCUT2D eigenvalue weighted by atomic mass is 28.4. The number of carbonyl (C=O) groups is 1. The quantitative estimate of drug-likeness (QED) is 0.370. The summed E-state index contributed by atoms with van der Waals surface area (Å²) in [4.78, 5) is 12.5. The first-order valence-electron chi connectivity index (χ1n) is 12.1. The Bertz CT molecular complexity index is 525. The molecule has 2 nitrogen and oxygen atoms in total. The zero-order valence-electron chi connectivity index (χ0n) is 20.4. The first-order chi connectivity index (χ1) is 12.8. The molecule has 0 heterocycles. The number of hydrogen-bond acceptors (Lipinski definition) is 2. The fourth-order valence-corrected chi connectivity index (χ4v) is 8.62. The van der Waals surface area contributed by atoms with Crippen LogP contribution in [0, 0.1) is 35.0 Å². The average molecular weight is 409 g/mol. The number of carbonyl (C=O) groups excluding carboxylic acids is 1. The van der Waals surface area contributed by atoms with E-state index >= 15 is 0 Å². The van der Waals surface area contributed by atoms with Crippen molar-refractivity contribution >= 4 is 14.1 Å². The van der Waals surface area contributed by atoms with E-state index in [4.69, 9.17) is 4.43 Å². The molecular formula is C25H48O2Si. The zero-order valence-corrected chi connectivity index (χ0v) is 21.4. The molecule has 164 valence electrons. The third-order valence-electron chi connectivity index (χ3n) is 8.30. The molecule has 2 aliphatic carbocycles. The van der Waals surface area contributed by atoms with E-state index in [0.29, 0.717) is 29.5 Å². The van der Waals surface area contributed by atoms with E-state index in [1.54, 1.807) is 0 Å². The van der Waals surface area contributed by atoms with Crippen LogP contribution in [0.15, 0.2) is 0 Å². The molecule has 3 heteroatoms. The van der Waals surface area contributed by atoms with E-state index in [0.717, 1.165) is 25.2 Å². The number of Topliss-reactive ketones (excluding diaryl/α,β-unsaturated/α-hetero) is 1. The topological polar surface area (TPSA) is 26.3 Å². The summed E-state index contributed by atoms with van der Waals surface area (Å²) in [5, 5.41) is 0. The van der Waals surface area contributed by atoms with E-state index in [1.165, 1.54) is 32.1 Å². The van der Waals surface area contributed by atoms with Crippen LogP contribution in [-0.2, 0) is 9.22 Å². The van der Waals surface area contributed by atoms with Gasteiger partial charge in [0.05, 0.1) is 5.60 Å². The van der Waals surface area contributed by atoms with Crippen LogP contribution in [0.2, 0.25) is 19.6 Å². The second-order valence-corrected chi connectivity index (χ2v) is 16.3. The molecule has 0 spiro atoms. The molecule has 0 bridgehead atoms. The van der Waals surface area contributed by atoms with E-state index < -0.39 is 8.32 Å². The maximum atomic E-state index is 12.5. The Morgan fingerprint density at radius 1 is 1.11 bits per heavy atom. The summed E-state index contributed by atoms with van der Waals surface area (Å²) in [6.45, 7) is 21.3. The normalized spacial score (nSPS) is 30.2. The summed E-state index contributed by atoms with van der Waals surface area (Å²) >= 11 is 0. The van der Waals surface area contributed by atoms with Crippen molar-refractivity contribution in [3.63, 3.8) is 0 Å². The van der Waals surface area contributed by atoms with Crippen molar-refractivity contribution in [3.05, 3.63) is 0 Å². The summed E-state index contributed by atoms with van der Waals surface area (Å²) in [5.41, 5.74) is 0.282. The predicted octanol–water partition coefficient (Wildman–Crippen LogP) is 7.48. The third-order valence-corrected chi connectivity index (χ3v) is 9.29. The second-order valence-electron chi connectivity index (χ2n) is 11.9. The molecule has 0 aromatic carbocycles. The highest BCUT2D eigenvalue weighted by molar-refractivity contribution is 6.69. The van der Waals surface area contributed by atoms with Crippen LogP contribution in [0.1, 0.15) is 92.9 Å². The zero-order chi connectivity index (χ0) is 21.3. The van der Waals surface area contributed by atoms with E-state index in [1.807, 2.05) is 0 Å². The fourth-order valence-electron chi connectivity index (χ4n) is 6.91. The van der Waals surface area contributed by atoms with Gasteiger partial charge < -0.3 is 4.43 Å². The molecule has 28 heavy (non-hydrogen) atoms. The minimum Gasteiger partial charge on any atom is -0.412 e. The van der Waals surface area contributed by atoms with Gasteiger partial charge in [0.25, 0.3) is 0 Å². The van der Waals surface area contributed by atoms with Gasteiger partial charge in [-0.1, -0.05) is 54.4 Å². The van der Waals surface area contributed by atoms with Crippen LogP contribution in [0.25, 0.3) is 0 Å². The van der Waals surface area contributed by atoms with Gasteiger partial charge >= 0.3 is 0 Å². The molecule has 2 fully saturated rings. The fraction of sp³-hybridized carbons (Fsp3) is 0.960. The van der Waals surface area contributed by atoms with Crippen LogP contribution in [0.4, 0.5) is 0 Å². The lowest BCUT2D eigenvalue weighted by Crippen LogP contribution is -2.50. The summed E-state index contributed by atoms with van der Waals surface area (Å²) in [7, 11) is -1.60. The lowest BCUT2D eigenvalue weighted by atomic mass is 9.62. The van der Waals surface area contributed by atoms with Gasteiger partial charge in [0, 0.05) is 12.3 Å². The number of hydrogen-bond donors (Lipinski definition) is 0. The molecular weight excluding hydrogens is 360 g/mol. The summed E-state index contributed by atoms with van der Waals surface area (Å²) in [6, 6.07) is 0. The largest absolute Gasteiger partial charge is 0.412 e. The standard InChI is InChI=1S/C25H48O2Si/c1-18(2)25(19(3)4,27-28(7,8)9)17-10-12-20(5)21-14-15-22-23(26)13-11-16-24(21,22)6/h18-22H,10-17H2,1-9H3/t20-,21?,22?,24-/m1/s1. The minimum absolute atomic E-state index is 0.00705. The molecule has 0 aliphatic heterocycles. The Hall–Kier alpha value is -0.153. The van der Waals surface area contributed by atoms with Crippen LogP contribution >= 0.6 is 0 Å². The summed E-state index contributed by atoms with van der Waals surface area (Å²) in [6.07, 6.45) is 9.31. The maximum Gasteiger partial charge on any atom is 0.184 e. The molecule has 2 unspecified atom stereocenters. The van der Waals surface area contributed by atoms with Gasteiger partial charge in [-0.25, -0.2) is 0 Å². The molecule has 0 saturated heterocycles.